The van der Waals surface area contributed by atoms with E-state index in [9.17, 15) is 27.3 Å². The summed E-state index contributed by atoms with van der Waals surface area (Å²) >= 11 is 0. The Hall–Kier alpha value is -2.62. The molecule has 0 atom stereocenters. The van der Waals surface area contributed by atoms with E-state index in [1.807, 2.05) is 4.72 Å². The van der Waals surface area contributed by atoms with Gasteiger partial charge in [0.15, 0.2) is 5.82 Å². The number of hydrogen-bond acceptors (Lipinski definition) is 5. The van der Waals surface area contributed by atoms with E-state index >= 15 is 0 Å². The highest BCUT2D eigenvalue weighted by molar-refractivity contribution is 7.92. The summed E-state index contributed by atoms with van der Waals surface area (Å²) < 4.78 is 52.1. The van der Waals surface area contributed by atoms with Gasteiger partial charge in [-0.3, -0.25) is 14.8 Å². The van der Waals surface area contributed by atoms with Gasteiger partial charge in [-0.2, -0.15) is 0 Å². The number of aromatic nitrogens is 1. The number of hydrogen-bond donors (Lipinski definition) is 1. The van der Waals surface area contributed by atoms with E-state index in [1.165, 1.54) is 0 Å². The molecule has 21 heavy (non-hydrogen) atoms. The lowest BCUT2D eigenvalue weighted by molar-refractivity contribution is -0.385. The number of nitrogens with one attached hydrogen (secondary N) is 1. The molecule has 1 heterocycles. The number of nitrogens with zero attached hydrogens (tertiary/aromatic N) is 2. The van der Waals surface area contributed by atoms with Gasteiger partial charge in [0, 0.05) is 6.07 Å². The third-order valence-corrected chi connectivity index (χ3v) is 3.77. The average Bonchev–Trinajstić information content (AvgIpc) is 2.40. The summed E-state index contributed by atoms with van der Waals surface area (Å²) in [5.74, 6) is -2.16. The first-order valence-corrected chi connectivity index (χ1v) is 6.86. The Labute approximate surface area is 117 Å². The fourth-order valence-corrected chi connectivity index (χ4v) is 2.52. The molecule has 0 bridgehead atoms. The zero-order valence-corrected chi connectivity index (χ0v) is 11.0. The molecule has 10 heteroatoms. The number of anilines is 1. The Morgan fingerprint density at radius 1 is 1.19 bits per heavy atom. The molecule has 0 unspecified atom stereocenters. The third-order valence-electron chi connectivity index (χ3n) is 2.38. The first-order valence-electron chi connectivity index (χ1n) is 5.38. The van der Waals surface area contributed by atoms with Crippen LogP contribution in [0, 0.1) is 21.7 Å². The van der Waals surface area contributed by atoms with Crippen molar-refractivity contribution < 1.29 is 22.1 Å². The zero-order chi connectivity index (χ0) is 15.6. The lowest BCUT2D eigenvalue weighted by atomic mass is 10.3. The van der Waals surface area contributed by atoms with Gasteiger partial charge in [0.05, 0.1) is 17.2 Å². The van der Waals surface area contributed by atoms with E-state index in [0.717, 1.165) is 30.5 Å². The normalized spacial score (nSPS) is 11.1. The monoisotopic (exact) mass is 315 g/mol. The van der Waals surface area contributed by atoms with Crippen LogP contribution in [0.4, 0.5) is 20.3 Å². The van der Waals surface area contributed by atoms with Gasteiger partial charge in [-0.1, -0.05) is 0 Å². The van der Waals surface area contributed by atoms with Gasteiger partial charge < -0.3 is 0 Å². The van der Waals surface area contributed by atoms with Gasteiger partial charge in [0.1, 0.15) is 16.5 Å². The van der Waals surface area contributed by atoms with Crippen LogP contribution in [-0.4, -0.2) is 18.3 Å². The predicted octanol–water partition coefficient (Wildman–Crippen LogP) is 2.07. The van der Waals surface area contributed by atoms with Crippen LogP contribution in [0.5, 0.6) is 0 Å². The highest BCUT2D eigenvalue weighted by Gasteiger charge is 2.22. The summed E-state index contributed by atoms with van der Waals surface area (Å²) in [6, 6.07) is 4.13. The quantitative estimate of drug-likeness (QED) is 0.687. The summed E-state index contributed by atoms with van der Waals surface area (Å²) in [7, 11) is -4.33. The van der Waals surface area contributed by atoms with E-state index in [2.05, 4.69) is 4.98 Å². The van der Waals surface area contributed by atoms with Gasteiger partial charge in [-0.15, -0.1) is 0 Å². The van der Waals surface area contributed by atoms with Crippen molar-refractivity contribution >= 4 is 21.5 Å². The van der Waals surface area contributed by atoms with Gasteiger partial charge >= 0.3 is 0 Å². The number of nitro groups is 1. The predicted molar refractivity (Wildman–Crippen MR) is 68.1 cm³/mol. The highest BCUT2D eigenvalue weighted by atomic mass is 32.2. The van der Waals surface area contributed by atoms with Crippen LogP contribution < -0.4 is 4.72 Å². The zero-order valence-electron chi connectivity index (χ0n) is 10.2. The molecule has 2 aromatic rings. The van der Waals surface area contributed by atoms with Crippen LogP contribution in [0.3, 0.4) is 0 Å². The maximum atomic E-state index is 13.7. The second kappa shape index (κ2) is 5.40. The molecule has 7 nitrogen and oxygen atoms in total. The number of benzene rings is 1. The molecule has 1 N–H and O–H groups in total. The van der Waals surface area contributed by atoms with E-state index in [-0.39, 0.29) is 5.82 Å². The second-order valence-electron chi connectivity index (χ2n) is 3.84. The van der Waals surface area contributed by atoms with Crippen LogP contribution in [0.15, 0.2) is 41.4 Å². The molecule has 0 saturated heterocycles. The van der Waals surface area contributed by atoms with Gasteiger partial charge in [0.25, 0.3) is 15.7 Å². The largest absolute Gasteiger partial charge is 0.272 e. The molecular formula is C11H7F2N3O4S. The molecule has 1 aromatic heterocycles. The Balaban J connectivity index is 2.35. The first-order chi connectivity index (χ1) is 9.79. The van der Waals surface area contributed by atoms with Crippen LogP contribution in [0.25, 0.3) is 0 Å². The van der Waals surface area contributed by atoms with Crippen molar-refractivity contribution in [2.75, 3.05) is 4.72 Å². The standard InChI is InChI=1S/C11H7F2N3O4S/c12-7-1-4-11(14-6-7)15-21(19,20)10-3-2-8(16(17)18)5-9(10)13/h1-6H,(H,14,15). The van der Waals surface area contributed by atoms with Crippen molar-refractivity contribution in [3.05, 3.63) is 58.3 Å². The molecule has 110 valence electrons. The molecule has 0 saturated carbocycles. The lowest BCUT2D eigenvalue weighted by Crippen LogP contribution is -2.15. The van der Waals surface area contributed by atoms with E-state index < -0.39 is 37.2 Å². The van der Waals surface area contributed by atoms with E-state index in [1.54, 1.807) is 0 Å². The number of nitro benzene ring substituents is 1. The summed E-state index contributed by atoms with van der Waals surface area (Å²) in [5, 5.41) is 10.5. The van der Waals surface area contributed by atoms with Crippen molar-refractivity contribution in [3.8, 4) is 0 Å². The Kier molecular flexibility index (Phi) is 3.80. The molecule has 0 aliphatic heterocycles. The van der Waals surface area contributed by atoms with E-state index in [4.69, 9.17) is 0 Å². The summed E-state index contributed by atoms with van der Waals surface area (Å²) in [6.45, 7) is 0. The second-order valence-corrected chi connectivity index (χ2v) is 5.49. The van der Waals surface area contributed by atoms with Gasteiger partial charge in [-0.05, 0) is 18.2 Å². The van der Waals surface area contributed by atoms with Crippen LogP contribution in [-0.2, 0) is 10.0 Å². The fraction of sp³-hybridized carbons (Fsp3) is 0. The van der Waals surface area contributed by atoms with Crippen LogP contribution in [0.1, 0.15) is 0 Å². The SMILES string of the molecule is O=[N+]([O-])c1ccc(S(=O)(=O)Nc2ccc(F)cn2)c(F)c1. The number of rotatable bonds is 4. The summed E-state index contributed by atoms with van der Waals surface area (Å²) in [4.78, 5) is 12.3. The molecule has 0 aliphatic carbocycles. The molecular weight excluding hydrogens is 308 g/mol. The Morgan fingerprint density at radius 2 is 1.90 bits per heavy atom. The molecule has 0 spiro atoms. The maximum Gasteiger partial charge on any atom is 0.272 e. The van der Waals surface area contributed by atoms with Gasteiger partial charge in [0.2, 0.25) is 0 Å². The maximum absolute atomic E-state index is 13.7. The van der Waals surface area contributed by atoms with Crippen molar-refractivity contribution in [2.45, 2.75) is 4.90 Å². The van der Waals surface area contributed by atoms with Crippen molar-refractivity contribution in [1.29, 1.82) is 0 Å². The van der Waals surface area contributed by atoms with Crippen molar-refractivity contribution in [1.82, 2.24) is 4.98 Å². The van der Waals surface area contributed by atoms with E-state index in [0.29, 0.717) is 6.07 Å². The number of sulfonamides is 1. The molecule has 1 aromatic carbocycles. The topological polar surface area (TPSA) is 102 Å². The van der Waals surface area contributed by atoms with Crippen LogP contribution in [0.2, 0.25) is 0 Å². The van der Waals surface area contributed by atoms with Gasteiger partial charge in [-0.25, -0.2) is 22.2 Å². The minimum absolute atomic E-state index is 0.214. The number of non-ortho nitro benzene ring substituents is 1. The molecule has 0 aliphatic rings. The average molecular weight is 315 g/mol. The molecule has 0 fully saturated rings. The first kappa shape index (κ1) is 14.8. The smallest absolute Gasteiger partial charge is 0.263 e. The number of halogens is 2. The fourth-order valence-electron chi connectivity index (χ4n) is 1.45. The van der Waals surface area contributed by atoms with Crippen molar-refractivity contribution in [3.63, 3.8) is 0 Å². The minimum Gasteiger partial charge on any atom is -0.263 e. The number of pyridine rings is 1. The summed E-state index contributed by atoms with van der Waals surface area (Å²) in [6.07, 6.45) is 0.782. The van der Waals surface area contributed by atoms with Crippen molar-refractivity contribution in [2.24, 2.45) is 0 Å². The molecule has 0 radical (unpaired) electrons. The summed E-state index contributed by atoms with van der Waals surface area (Å²) in [5.41, 5.74) is -0.577. The highest BCUT2D eigenvalue weighted by Crippen LogP contribution is 2.22. The Bertz CT molecular complexity index is 794. The third kappa shape index (κ3) is 3.28. The lowest BCUT2D eigenvalue weighted by Gasteiger charge is -2.07. The Morgan fingerprint density at radius 3 is 2.43 bits per heavy atom. The minimum atomic E-state index is -4.33. The van der Waals surface area contributed by atoms with Crippen LogP contribution >= 0.6 is 0 Å². The molecule has 0 amide bonds. The molecule has 2 rings (SSSR count).